The molecule has 1 N–H and O–H groups in total. The molecule has 31 heavy (non-hydrogen) atoms. The third-order valence-corrected chi connectivity index (χ3v) is 7.32. The van der Waals surface area contributed by atoms with Crippen LogP contribution in [-0.2, 0) is 26.7 Å². The maximum Gasteiger partial charge on any atom is 0.240 e. The van der Waals surface area contributed by atoms with Crippen LogP contribution < -0.4 is 9.62 Å². The fraction of sp³-hybridized carbons (Fsp3) is 0.409. The van der Waals surface area contributed by atoms with E-state index in [0.29, 0.717) is 19.4 Å². The van der Waals surface area contributed by atoms with Gasteiger partial charge in [-0.15, -0.1) is 10.2 Å². The maximum atomic E-state index is 13.0. The fourth-order valence-corrected chi connectivity index (χ4v) is 5.37. The number of amides is 1. The molecule has 0 fully saturated rings. The molecule has 9 heteroatoms. The molecule has 1 aliphatic heterocycles. The summed E-state index contributed by atoms with van der Waals surface area (Å²) in [5.41, 5.74) is 2.39. The molecule has 0 spiro atoms. The molecule has 0 bridgehead atoms. The molecule has 0 atom stereocenters. The van der Waals surface area contributed by atoms with Gasteiger partial charge in [0.2, 0.25) is 15.9 Å². The molecule has 3 heterocycles. The molecule has 0 aliphatic carbocycles. The van der Waals surface area contributed by atoms with Crippen LogP contribution in [0.4, 0.5) is 5.69 Å². The molecule has 8 nitrogen and oxygen atoms in total. The number of aromatic nitrogens is 3. The van der Waals surface area contributed by atoms with Gasteiger partial charge in [0, 0.05) is 25.7 Å². The van der Waals surface area contributed by atoms with E-state index in [1.54, 1.807) is 17.0 Å². The van der Waals surface area contributed by atoms with Crippen LogP contribution in [0.25, 0.3) is 5.65 Å². The average molecular weight is 442 g/mol. The van der Waals surface area contributed by atoms with Crippen molar-refractivity contribution in [2.45, 2.75) is 50.8 Å². The molecule has 1 aromatic carbocycles. The molecule has 164 valence electrons. The Kier molecular flexibility index (Phi) is 5.35. The molecule has 3 aromatic rings. The minimum Gasteiger partial charge on any atom is -0.311 e. The molecule has 2 aromatic heterocycles. The van der Waals surface area contributed by atoms with Gasteiger partial charge >= 0.3 is 0 Å². The van der Waals surface area contributed by atoms with Crippen molar-refractivity contribution < 1.29 is 13.2 Å². The minimum absolute atomic E-state index is 0.00357. The first-order chi connectivity index (χ1) is 14.7. The number of carbonyl (C=O) groups excluding carboxylic acids is 1. The van der Waals surface area contributed by atoms with E-state index >= 15 is 0 Å². The summed E-state index contributed by atoms with van der Waals surface area (Å²) in [5.74, 6) is 0.791. The number of carbonyl (C=O) groups is 1. The molecule has 1 amide bonds. The van der Waals surface area contributed by atoms with Crippen LogP contribution in [0.1, 0.15) is 44.1 Å². The van der Waals surface area contributed by atoms with Crippen molar-refractivity contribution in [3.63, 3.8) is 0 Å². The maximum absolute atomic E-state index is 13.0. The van der Waals surface area contributed by atoms with Gasteiger partial charge in [0.25, 0.3) is 0 Å². The predicted molar refractivity (Wildman–Crippen MR) is 119 cm³/mol. The largest absolute Gasteiger partial charge is 0.311 e. The SMILES string of the molecule is CCN1C(=O)C(C)(C)c2cc(S(=O)(=O)NCCCc3nnc4ccccn34)cc(C)c21. The summed E-state index contributed by atoms with van der Waals surface area (Å²) in [6.45, 7) is 8.30. The van der Waals surface area contributed by atoms with Crippen molar-refractivity contribution >= 4 is 27.3 Å². The standard InChI is InChI=1S/C22H27N5O3S/c1-5-26-20-15(2)13-16(14-17(20)22(3,4)21(26)28)31(29,30)23-11-8-10-19-25-24-18-9-6-7-12-27(18)19/h6-7,9,12-14,23H,5,8,10-11H2,1-4H3. The molecular weight excluding hydrogens is 414 g/mol. The van der Waals surface area contributed by atoms with E-state index in [1.165, 1.54) is 0 Å². The topological polar surface area (TPSA) is 96.7 Å². The minimum atomic E-state index is -3.70. The Hall–Kier alpha value is -2.78. The van der Waals surface area contributed by atoms with Crippen LogP contribution in [0, 0.1) is 6.92 Å². The number of pyridine rings is 1. The van der Waals surface area contributed by atoms with Gasteiger partial charge in [-0.3, -0.25) is 9.20 Å². The van der Waals surface area contributed by atoms with Crippen LogP contribution >= 0.6 is 0 Å². The molecule has 0 saturated carbocycles. The third-order valence-electron chi connectivity index (χ3n) is 5.88. The normalized spacial score (nSPS) is 15.6. The van der Waals surface area contributed by atoms with Crippen LogP contribution in [0.5, 0.6) is 0 Å². The second-order valence-corrected chi connectivity index (χ2v) is 10.1. The number of sulfonamides is 1. The van der Waals surface area contributed by atoms with Gasteiger partial charge in [0.05, 0.1) is 16.0 Å². The average Bonchev–Trinajstić information content (AvgIpc) is 3.23. The van der Waals surface area contributed by atoms with E-state index in [1.807, 2.05) is 56.5 Å². The molecule has 0 radical (unpaired) electrons. The second kappa shape index (κ2) is 7.72. The Morgan fingerprint density at radius 3 is 2.68 bits per heavy atom. The number of nitrogens with one attached hydrogen (secondary N) is 1. The smallest absolute Gasteiger partial charge is 0.240 e. The van der Waals surface area contributed by atoms with E-state index in [-0.39, 0.29) is 17.3 Å². The highest BCUT2D eigenvalue weighted by Crippen LogP contribution is 2.44. The van der Waals surface area contributed by atoms with Crippen molar-refractivity contribution in [2.24, 2.45) is 0 Å². The lowest BCUT2D eigenvalue weighted by Crippen LogP contribution is -2.36. The lowest BCUT2D eigenvalue weighted by molar-refractivity contribution is -0.122. The van der Waals surface area contributed by atoms with Crippen LogP contribution in [0.2, 0.25) is 0 Å². The first-order valence-corrected chi connectivity index (χ1v) is 11.9. The molecule has 4 rings (SSSR count). The quantitative estimate of drug-likeness (QED) is 0.569. The Morgan fingerprint density at radius 1 is 1.16 bits per heavy atom. The van der Waals surface area contributed by atoms with E-state index in [0.717, 1.165) is 28.3 Å². The summed E-state index contributed by atoms with van der Waals surface area (Å²) in [4.78, 5) is 14.7. The summed E-state index contributed by atoms with van der Waals surface area (Å²) in [5, 5.41) is 8.29. The fourth-order valence-electron chi connectivity index (χ4n) is 4.19. The van der Waals surface area contributed by atoms with E-state index in [9.17, 15) is 13.2 Å². The van der Waals surface area contributed by atoms with E-state index < -0.39 is 15.4 Å². The van der Waals surface area contributed by atoms with Crippen molar-refractivity contribution in [3.05, 3.63) is 53.5 Å². The van der Waals surface area contributed by atoms with Crippen molar-refractivity contribution in [3.8, 4) is 0 Å². The highest BCUT2D eigenvalue weighted by Gasteiger charge is 2.44. The number of aryl methyl sites for hydroxylation is 2. The molecule has 0 saturated heterocycles. The van der Waals surface area contributed by atoms with E-state index in [4.69, 9.17) is 0 Å². The van der Waals surface area contributed by atoms with Crippen LogP contribution in [0.3, 0.4) is 0 Å². The van der Waals surface area contributed by atoms with E-state index in [2.05, 4.69) is 14.9 Å². The van der Waals surface area contributed by atoms with Crippen molar-refractivity contribution in [1.29, 1.82) is 0 Å². The third kappa shape index (κ3) is 3.61. The number of anilines is 1. The lowest BCUT2D eigenvalue weighted by Gasteiger charge is -2.18. The first kappa shape index (κ1) is 21.5. The Labute approximate surface area is 182 Å². The second-order valence-electron chi connectivity index (χ2n) is 8.36. The highest BCUT2D eigenvalue weighted by molar-refractivity contribution is 7.89. The predicted octanol–water partition coefficient (Wildman–Crippen LogP) is 2.59. The van der Waals surface area contributed by atoms with Crippen molar-refractivity contribution in [1.82, 2.24) is 19.3 Å². The van der Waals surface area contributed by atoms with Gasteiger partial charge in [-0.05, 0) is 69.5 Å². The van der Waals surface area contributed by atoms with Gasteiger partial charge in [0.1, 0.15) is 5.82 Å². The summed E-state index contributed by atoms with van der Waals surface area (Å²) < 4.78 is 30.5. The lowest BCUT2D eigenvalue weighted by atomic mass is 9.85. The zero-order valence-corrected chi connectivity index (χ0v) is 19.0. The Bertz CT molecular complexity index is 1260. The molecule has 1 aliphatic rings. The number of likely N-dealkylation sites (N-methyl/N-ethyl adjacent to an activating group) is 1. The monoisotopic (exact) mass is 441 g/mol. The summed E-state index contributed by atoms with van der Waals surface area (Å²) >= 11 is 0. The van der Waals surface area contributed by atoms with Gasteiger partial charge in [-0.2, -0.15) is 0 Å². The van der Waals surface area contributed by atoms with Crippen molar-refractivity contribution in [2.75, 3.05) is 18.0 Å². The zero-order chi connectivity index (χ0) is 22.4. The number of hydrogen-bond acceptors (Lipinski definition) is 5. The Balaban J connectivity index is 1.50. The van der Waals surface area contributed by atoms with Crippen LogP contribution in [0.15, 0.2) is 41.4 Å². The van der Waals surface area contributed by atoms with Gasteiger partial charge < -0.3 is 4.90 Å². The summed E-state index contributed by atoms with van der Waals surface area (Å²) in [6, 6.07) is 8.97. The number of rotatable bonds is 7. The van der Waals surface area contributed by atoms with Gasteiger partial charge in [-0.25, -0.2) is 13.1 Å². The van der Waals surface area contributed by atoms with Crippen LogP contribution in [-0.4, -0.2) is 42.0 Å². The van der Waals surface area contributed by atoms with Gasteiger partial charge in [-0.1, -0.05) is 6.07 Å². The number of fused-ring (bicyclic) bond motifs is 2. The highest BCUT2D eigenvalue weighted by atomic mass is 32.2. The zero-order valence-electron chi connectivity index (χ0n) is 18.2. The summed E-state index contributed by atoms with van der Waals surface area (Å²) in [7, 11) is -3.70. The van der Waals surface area contributed by atoms with Gasteiger partial charge in [0.15, 0.2) is 5.65 Å². The number of benzene rings is 1. The number of nitrogens with zero attached hydrogens (tertiary/aromatic N) is 4. The molecule has 0 unspecified atom stereocenters. The number of hydrogen-bond donors (Lipinski definition) is 1. The first-order valence-electron chi connectivity index (χ1n) is 10.4. The molecular formula is C22H27N5O3S. The summed E-state index contributed by atoms with van der Waals surface area (Å²) in [6.07, 6.45) is 3.08. The Morgan fingerprint density at radius 2 is 1.94 bits per heavy atom.